The summed E-state index contributed by atoms with van der Waals surface area (Å²) in [7, 11) is 0. The van der Waals surface area contributed by atoms with Gasteiger partial charge < -0.3 is 16.2 Å². The molecular weight excluding hydrogens is 461 g/mol. The van der Waals surface area contributed by atoms with Gasteiger partial charge in [0.25, 0.3) is 5.91 Å². The third-order valence-corrected chi connectivity index (χ3v) is 5.62. The van der Waals surface area contributed by atoms with Crippen LogP contribution in [0.1, 0.15) is 40.7 Å². The largest absolute Gasteiger partial charge is 0.490 e. The van der Waals surface area contributed by atoms with Crippen LogP contribution in [0.5, 0.6) is 0 Å². The van der Waals surface area contributed by atoms with E-state index in [1.54, 1.807) is 23.3 Å². The van der Waals surface area contributed by atoms with Gasteiger partial charge in [-0.2, -0.15) is 18.3 Å². The quantitative estimate of drug-likeness (QED) is 0.520. The van der Waals surface area contributed by atoms with E-state index < -0.39 is 12.1 Å². The van der Waals surface area contributed by atoms with Crippen LogP contribution in [0.25, 0.3) is 5.13 Å². The summed E-state index contributed by atoms with van der Waals surface area (Å²) >= 11 is 1.51. The highest BCUT2D eigenvalue weighted by Crippen LogP contribution is 2.22. The van der Waals surface area contributed by atoms with Crippen LogP contribution in [-0.2, 0) is 24.1 Å². The molecule has 0 aliphatic heterocycles. The zero-order valence-corrected chi connectivity index (χ0v) is 18.3. The van der Waals surface area contributed by atoms with Crippen LogP contribution in [0.4, 0.5) is 18.9 Å². The number of aryl methyl sites for hydroxylation is 2. The predicted molar refractivity (Wildman–Crippen MR) is 114 cm³/mol. The predicted octanol–water partition coefficient (Wildman–Crippen LogP) is 2.99. The van der Waals surface area contributed by atoms with Crippen molar-refractivity contribution in [3.63, 3.8) is 0 Å². The lowest BCUT2D eigenvalue weighted by molar-refractivity contribution is -0.192. The molecule has 1 amide bonds. The number of thiazole rings is 1. The average molecular weight is 482 g/mol. The number of anilines is 1. The first-order valence-electron chi connectivity index (χ1n) is 9.91. The number of hydrogen-bond acceptors (Lipinski definition) is 7. The first-order valence-corrected chi connectivity index (χ1v) is 10.8. The van der Waals surface area contributed by atoms with Gasteiger partial charge in [0.05, 0.1) is 29.3 Å². The second-order valence-electron chi connectivity index (χ2n) is 7.24. The molecule has 0 radical (unpaired) electrons. The van der Waals surface area contributed by atoms with Gasteiger partial charge in [0, 0.05) is 23.3 Å². The Morgan fingerprint density at radius 3 is 2.73 bits per heavy atom. The number of halogens is 3. The van der Waals surface area contributed by atoms with Crippen LogP contribution >= 0.6 is 11.3 Å². The van der Waals surface area contributed by atoms with Gasteiger partial charge in [-0.15, -0.1) is 11.3 Å². The number of fused-ring (bicyclic) bond motifs is 1. The molecule has 9 nitrogen and oxygen atoms in total. The van der Waals surface area contributed by atoms with Crippen LogP contribution in [0, 0.1) is 0 Å². The number of pyridine rings is 1. The zero-order valence-electron chi connectivity index (χ0n) is 17.5. The summed E-state index contributed by atoms with van der Waals surface area (Å²) < 4.78 is 33.4. The van der Waals surface area contributed by atoms with Crippen molar-refractivity contribution in [2.24, 2.45) is 5.73 Å². The number of amides is 1. The van der Waals surface area contributed by atoms with Crippen molar-refractivity contribution >= 4 is 28.9 Å². The third-order valence-electron chi connectivity index (χ3n) is 4.74. The molecule has 0 spiro atoms. The molecule has 0 fully saturated rings. The maximum absolute atomic E-state index is 12.5. The van der Waals surface area contributed by atoms with Gasteiger partial charge in [-0.25, -0.2) is 14.5 Å². The molecule has 1 atom stereocenters. The van der Waals surface area contributed by atoms with Gasteiger partial charge in [-0.1, -0.05) is 6.92 Å². The molecule has 13 heteroatoms. The van der Waals surface area contributed by atoms with Crippen LogP contribution in [0.3, 0.4) is 0 Å². The highest BCUT2D eigenvalue weighted by atomic mass is 32.1. The number of hydrogen-bond donors (Lipinski definition) is 3. The van der Waals surface area contributed by atoms with E-state index >= 15 is 0 Å². The molecule has 0 saturated heterocycles. The van der Waals surface area contributed by atoms with Crippen molar-refractivity contribution in [3.8, 4) is 5.13 Å². The third kappa shape index (κ3) is 6.35. The molecule has 0 bridgehead atoms. The van der Waals surface area contributed by atoms with E-state index in [1.807, 2.05) is 11.4 Å². The number of carbonyl (C=O) groups excluding carboxylic acids is 1. The fourth-order valence-electron chi connectivity index (χ4n) is 3.03. The molecule has 0 aromatic carbocycles. The number of nitrogens with two attached hydrogens (primary N) is 1. The Morgan fingerprint density at radius 2 is 2.09 bits per heavy atom. The fourth-order valence-corrected chi connectivity index (χ4v) is 3.87. The maximum atomic E-state index is 12.5. The Morgan fingerprint density at radius 1 is 1.36 bits per heavy atom. The molecule has 1 aliphatic rings. The summed E-state index contributed by atoms with van der Waals surface area (Å²) in [5.41, 5.74) is 10.4. The molecule has 4 rings (SSSR count). The van der Waals surface area contributed by atoms with Gasteiger partial charge in [-0.3, -0.25) is 9.78 Å². The number of rotatable bonds is 4. The van der Waals surface area contributed by atoms with Crippen molar-refractivity contribution < 1.29 is 27.9 Å². The topological polar surface area (TPSA) is 136 Å². The number of aliphatic carboxylic acids is 1. The monoisotopic (exact) mass is 482 g/mol. The Hall–Kier alpha value is -3.32. The Balaban J connectivity index is 0.000000383. The van der Waals surface area contributed by atoms with Crippen molar-refractivity contribution in [3.05, 3.63) is 52.6 Å². The van der Waals surface area contributed by atoms with E-state index in [-0.39, 0.29) is 11.9 Å². The van der Waals surface area contributed by atoms with Gasteiger partial charge in [-0.05, 0) is 37.3 Å². The Kier molecular flexibility index (Phi) is 7.43. The van der Waals surface area contributed by atoms with Crippen molar-refractivity contribution in [1.82, 2.24) is 19.7 Å². The minimum atomic E-state index is -5.08. The fraction of sp³-hybridized carbons (Fsp3) is 0.350. The van der Waals surface area contributed by atoms with E-state index in [0.29, 0.717) is 11.3 Å². The summed E-state index contributed by atoms with van der Waals surface area (Å²) in [6.45, 7) is 2.06. The van der Waals surface area contributed by atoms with Crippen LogP contribution < -0.4 is 11.1 Å². The van der Waals surface area contributed by atoms with Crippen molar-refractivity contribution in [2.45, 2.75) is 44.8 Å². The smallest absolute Gasteiger partial charge is 0.475 e. The van der Waals surface area contributed by atoms with E-state index in [2.05, 4.69) is 27.3 Å². The summed E-state index contributed by atoms with van der Waals surface area (Å²) in [4.78, 5) is 30.4. The minimum Gasteiger partial charge on any atom is -0.475 e. The number of nitrogens with zero attached hydrogens (tertiary/aromatic N) is 4. The average Bonchev–Trinajstić information content (AvgIpc) is 3.42. The molecule has 1 aliphatic carbocycles. The molecule has 3 heterocycles. The highest BCUT2D eigenvalue weighted by molar-refractivity contribution is 7.12. The lowest BCUT2D eigenvalue weighted by atomic mass is 9.92. The van der Waals surface area contributed by atoms with Crippen LogP contribution in [-0.4, -0.2) is 48.9 Å². The first kappa shape index (κ1) is 24.3. The summed E-state index contributed by atoms with van der Waals surface area (Å²) in [6, 6.07) is 2.14. The number of carbonyl (C=O) groups is 2. The van der Waals surface area contributed by atoms with Gasteiger partial charge in [0.2, 0.25) is 5.13 Å². The number of alkyl halides is 3. The molecule has 4 N–H and O–H groups in total. The van der Waals surface area contributed by atoms with Crippen LogP contribution in [0.2, 0.25) is 0 Å². The summed E-state index contributed by atoms with van der Waals surface area (Å²) in [5.74, 6) is -2.97. The van der Waals surface area contributed by atoms with E-state index in [1.165, 1.54) is 11.3 Å². The molecule has 176 valence electrons. The Labute approximate surface area is 190 Å². The molecule has 33 heavy (non-hydrogen) atoms. The molecular formula is C20H21F3N6O3S. The van der Waals surface area contributed by atoms with E-state index in [4.69, 9.17) is 15.6 Å². The lowest BCUT2D eigenvalue weighted by Crippen LogP contribution is -2.28. The minimum absolute atomic E-state index is 0.166. The number of carboxylic acids is 1. The van der Waals surface area contributed by atoms with E-state index in [0.717, 1.165) is 47.8 Å². The Bertz CT molecular complexity index is 1140. The maximum Gasteiger partial charge on any atom is 0.490 e. The lowest BCUT2D eigenvalue weighted by Gasteiger charge is -2.21. The van der Waals surface area contributed by atoms with Gasteiger partial charge in [0.1, 0.15) is 0 Å². The number of nitrogens with one attached hydrogen (secondary N) is 1. The van der Waals surface area contributed by atoms with Crippen molar-refractivity contribution in [2.75, 3.05) is 5.32 Å². The first-order chi connectivity index (χ1) is 15.6. The SMILES string of the molecule is CCc1csc(-n2cc(C(=O)Nc3cnc4c(c3)CC(N)CC4)cn2)n1.O=C(O)C(F)(F)F. The standard InChI is InChI=1S/C18H20N6OS.C2HF3O2/c1-2-14-10-26-18(23-14)24-9-12(7-21-24)17(25)22-15-6-11-5-13(19)3-4-16(11)20-8-15;3-2(4,5)1(6)7/h6-10,13H,2-5,19H2,1H3,(H,22,25);(H,6,7). The van der Waals surface area contributed by atoms with Gasteiger partial charge >= 0.3 is 12.1 Å². The van der Waals surface area contributed by atoms with Crippen molar-refractivity contribution in [1.29, 1.82) is 0 Å². The van der Waals surface area contributed by atoms with E-state index in [9.17, 15) is 18.0 Å². The normalized spacial score (nSPS) is 15.2. The number of aromatic nitrogens is 4. The highest BCUT2D eigenvalue weighted by Gasteiger charge is 2.38. The zero-order chi connectivity index (χ0) is 24.2. The molecule has 0 saturated carbocycles. The second kappa shape index (κ2) is 10.1. The number of carboxylic acid groups (broad SMARTS) is 1. The summed E-state index contributed by atoms with van der Waals surface area (Å²) in [6.07, 6.45) is 3.38. The molecule has 3 aromatic heterocycles. The molecule has 1 unspecified atom stereocenters. The van der Waals surface area contributed by atoms with Crippen LogP contribution in [0.15, 0.2) is 30.0 Å². The summed E-state index contributed by atoms with van der Waals surface area (Å²) in [5, 5.41) is 17.0. The molecule has 3 aromatic rings. The second-order valence-corrected chi connectivity index (χ2v) is 8.07. The van der Waals surface area contributed by atoms with Gasteiger partial charge in [0.15, 0.2) is 0 Å².